The molecule has 0 aromatic heterocycles. The highest BCUT2D eigenvalue weighted by Gasteiger charge is 2.28. The molecule has 0 spiro atoms. The molecular formula is C13H24N2O2. The van der Waals surface area contributed by atoms with Gasteiger partial charge in [-0.25, -0.2) is 0 Å². The van der Waals surface area contributed by atoms with Crippen LogP contribution in [0.25, 0.3) is 0 Å². The number of hydrogen-bond acceptors (Lipinski definition) is 3. The molecule has 0 N–H and O–H groups in total. The Hall–Kier alpha value is -0.900. The van der Waals surface area contributed by atoms with Crippen LogP contribution in [-0.2, 0) is 9.59 Å². The van der Waals surface area contributed by atoms with Gasteiger partial charge in [0, 0.05) is 19.9 Å². The number of Topliss-reactive ketones (excluding diaryl/α,β-unsaturated/α-hetero) is 1. The zero-order valence-electron chi connectivity index (χ0n) is 11.2. The van der Waals surface area contributed by atoms with Crippen molar-refractivity contribution in [3.05, 3.63) is 0 Å². The number of hydrogen-bond donors (Lipinski definition) is 0. The summed E-state index contributed by atoms with van der Waals surface area (Å²) < 4.78 is 0. The van der Waals surface area contributed by atoms with Crippen LogP contribution in [0.5, 0.6) is 0 Å². The van der Waals surface area contributed by atoms with E-state index in [1.807, 2.05) is 14.1 Å². The van der Waals surface area contributed by atoms with E-state index in [1.165, 1.54) is 0 Å². The number of nitrogens with zero attached hydrogens (tertiary/aromatic N) is 2. The van der Waals surface area contributed by atoms with Crippen molar-refractivity contribution < 1.29 is 9.59 Å². The summed E-state index contributed by atoms with van der Waals surface area (Å²) in [7, 11) is 5.77. The molecule has 1 unspecified atom stereocenters. The SMILES string of the molecule is CN(C)CCCC(=O)N(C)C1CCCCC1=O. The summed E-state index contributed by atoms with van der Waals surface area (Å²) >= 11 is 0. The van der Waals surface area contributed by atoms with Crippen molar-refractivity contribution >= 4 is 11.7 Å². The molecule has 4 heteroatoms. The van der Waals surface area contributed by atoms with Gasteiger partial charge in [0.15, 0.2) is 5.78 Å². The second-order valence-electron chi connectivity index (χ2n) is 5.14. The van der Waals surface area contributed by atoms with Crippen molar-refractivity contribution in [1.82, 2.24) is 9.80 Å². The molecule has 4 nitrogen and oxygen atoms in total. The van der Waals surface area contributed by atoms with Crippen LogP contribution in [0, 0.1) is 0 Å². The Morgan fingerprint density at radius 3 is 2.59 bits per heavy atom. The summed E-state index contributed by atoms with van der Waals surface area (Å²) in [6.07, 6.45) is 4.92. The minimum absolute atomic E-state index is 0.104. The van der Waals surface area contributed by atoms with E-state index in [9.17, 15) is 9.59 Å². The first-order valence-corrected chi connectivity index (χ1v) is 6.45. The number of carbonyl (C=O) groups is 2. The molecule has 1 atom stereocenters. The predicted octanol–water partition coefficient (Wildman–Crippen LogP) is 1.30. The molecule has 0 aromatic rings. The Bertz CT molecular complexity index is 277. The molecular weight excluding hydrogens is 216 g/mol. The number of rotatable bonds is 5. The Morgan fingerprint density at radius 2 is 2.00 bits per heavy atom. The van der Waals surface area contributed by atoms with Gasteiger partial charge in [-0.05, 0) is 39.9 Å². The normalized spacial score (nSPS) is 20.7. The van der Waals surface area contributed by atoms with Crippen LogP contribution in [0.4, 0.5) is 0 Å². The predicted molar refractivity (Wildman–Crippen MR) is 67.8 cm³/mol. The van der Waals surface area contributed by atoms with E-state index in [1.54, 1.807) is 11.9 Å². The van der Waals surface area contributed by atoms with E-state index in [-0.39, 0.29) is 17.7 Å². The van der Waals surface area contributed by atoms with E-state index in [0.717, 1.165) is 32.2 Å². The molecule has 1 amide bonds. The van der Waals surface area contributed by atoms with Crippen LogP contribution in [-0.4, -0.2) is 55.2 Å². The van der Waals surface area contributed by atoms with E-state index >= 15 is 0 Å². The van der Waals surface area contributed by atoms with Gasteiger partial charge in [0.1, 0.15) is 0 Å². The number of ketones is 1. The van der Waals surface area contributed by atoms with Crippen molar-refractivity contribution in [3.8, 4) is 0 Å². The highest BCUT2D eigenvalue weighted by atomic mass is 16.2. The fraction of sp³-hybridized carbons (Fsp3) is 0.846. The molecule has 1 aliphatic rings. The molecule has 98 valence electrons. The van der Waals surface area contributed by atoms with Gasteiger partial charge in [0.05, 0.1) is 6.04 Å². The lowest BCUT2D eigenvalue weighted by molar-refractivity contribution is -0.139. The lowest BCUT2D eigenvalue weighted by Crippen LogP contribution is -2.44. The first-order valence-electron chi connectivity index (χ1n) is 6.45. The molecule has 0 saturated heterocycles. The first-order chi connectivity index (χ1) is 8.02. The van der Waals surface area contributed by atoms with Crippen LogP contribution in [0.1, 0.15) is 38.5 Å². The van der Waals surface area contributed by atoms with Gasteiger partial charge in [-0.2, -0.15) is 0 Å². The lowest BCUT2D eigenvalue weighted by atomic mass is 9.93. The molecule has 0 radical (unpaired) electrons. The molecule has 0 bridgehead atoms. The van der Waals surface area contributed by atoms with Gasteiger partial charge in [-0.1, -0.05) is 6.42 Å². The Labute approximate surface area is 104 Å². The van der Waals surface area contributed by atoms with Gasteiger partial charge < -0.3 is 9.80 Å². The zero-order valence-corrected chi connectivity index (χ0v) is 11.2. The molecule has 0 heterocycles. The topological polar surface area (TPSA) is 40.6 Å². The van der Waals surface area contributed by atoms with E-state index in [0.29, 0.717) is 12.8 Å². The van der Waals surface area contributed by atoms with Crippen LogP contribution in [0.15, 0.2) is 0 Å². The van der Waals surface area contributed by atoms with E-state index in [4.69, 9.17) is 0 Å². The van der Waals surface area contributed by atoms with Crippen LogP contribution >= 0.6 is 0 Å². The summed E-state index contributed by atoms with van der Waals surface area (Å²) in [6.45, 7) is 0.915. The zero-order chi connectivity index (χ0) is 12.8. The minimum atomic E-state index is -0.157. The van der Waals surface area contributed by atoms with Gasteiger partial charge in [-0.15, -0.1) is 0 Å². The molecule has 1 saturated carbocycles. The Kier molecular flexibility index (Phi) is 5.62. The second-order valence-corrected chi connectivity index (χ2v) is 5.14. The first kappa shape index (κ1) is 14.2. The lowest BCUT2D eigenvalue weighted by Gasteiger charge is -2.30. The number of likely N-dealkylation sites (N-methyl/N-ethyl adjacent to an activating group) is 1. The second kappa shape index (κ2) is 6.74. The number of amides is 1. The van der Waals surface area contributed by atoms with Gasteiger partial charge in [-0.3, -0.25) is 9.59 Å². The molecule has 0 aromatic carbocycles. The van der Waals surface area contributed by atoms with Gasteiger partial charge >= 0.3 is 0 Å². The highest BCUT2D eigenvalue weighted by molar-refractivity contribution is 5.89. The van der Waals surface area contributed by atoms with Crippen molar-refractivity contribution in [1.29, 1.82) is 0 Å². The molecule has 0 aliphatic heterocycles. The van der Waals surface area contributed by atoms with Crippen molar-refractivity contribution in [2.45, 2.75) is 44.6 Å². The summed E-state index contributed by atoms with van der Waals surface area (Å²) in [6, 6.07) is -0.157. The summed E-state index contributed by atoms with van der Waals surface area (Å²) in [4.78, 5) is 27.4. The monoisotopic (exact) mass is 240 g/mol. The Balaban J connectivity index is 2.37. The third-order valence-electron chi connectivity index (χ3n) is 3.38. The average Bonchev–Trinajstić information content (AvgIpc) is 2.28. The smallest absolute Gasteiger partial charge is 0.222 e. The van der Waals surface area contributed by atoms with Crippen molar-refractivity contribution in [3.63, 3.8) is 0 Å². The molecule has 1 aliphatic carbocycles. The summed E-state index contributed by atoms with van der Waals surface area (Å²) in [5, 5.41) is 0. The number of carbonyl (C=O) groups excluding carboxylic acids is 2. The van der Waals surface area contributed by atoms with Crippen LogP contribution < -0.4 is 0 Å². The summed E-state index contributed by atoms with van der Waals surface area (Å²) in [5.74, 6) is 0.340. The van der Waals surface area contributed by atoms with Crippen LogP contribution in [0.2, 0.25) is 0 Å². The fourth-order valence-electron chi connectivity index (χ4n) is 2.27. The average molecular weight is 240 g/mol. The molecule has 1 fully saturated rings. The fourth-order valence-corrected chi connectivity index (χ4v) is 2.27. The third kappa shape index (κ3) is 4.46. The minimum Gasteiger partial charge on any atom is -0.336 e. The van der Waals surface area contributed by atoms with Gasteiger partial charge in [0.25, 0.3) is 0 Å². The van der Waals surface area contributed by atoms with E-state index in [2.05, 4.69) is 4.90 Å². The van der Waals surface area contributed by atoms with E-state index < -0.39 is 0 Å². The van der Waals surface area contributed by atoms with Crippen molar-refractivity contribution in [2.24, 2.45) is 0 Å². The molecule has 17 heavy (non-hydrogen) atoms. The van der Waals surface area contributed by atoms with Crippen molar-refractivity contribution in [2.75, 3.05) is 27.7 Å². The largest absolute Gasteiger partial charge is 0.336 e. The van der Waals surface area contributed by atoms with Crippen LogP contribution in [0.3, 0.4) is 0 Å². The maximum Gasteiger partial charge on any atom is 0.222 e. The standard InChI is InChI=1S/C13H24N2O2/c1-14(2)10-6-9-13(17)15(3)11-7-4-5-8-12(11)16/h11H,4-10H2,1-3H3. The maximum atomic E-state index is 11.9. The quantitative estimate of drug-likeness (QED) is 0.727. The summed E-state index contributed by atoms with van der Waals surface area (Å²) in [5.41, 5.74) is 0. The highest BCUT2D eigenvalue weighted by Crippen LogP contribution is 2.19. The maximum absolute atomic E-state index is 11.9. The Morgan fingerprint density at radius 1 is 1.29 bits per heavy atom. The third-order valence-corrected chi connectivity index (χ3v) is 3.38. The molecule has 1 rings (SSSR count). The van der Waals surface area contributed by atoms with Gasteiger partial charge in [0.2, 0.25) is 5.91 Å².